The predicted octanol–water partition coefficient (Wildman–Crippen LogP) is 3.57. The van der Waals surface area contributed by atoms with E-state index in [0.717, 1.165) is 0 Å². The second-order valence-corrected chi connectivity index (χ2v) is 3.89. The molecule has 0 aliphatic heterocycles. The van der Waals surface area contributed by atoms with Gasteiger partial charge in [0.05, 0.1) is 29.4 Å². The minimum Gasteiger partial charge on any atom is -0.462 e. The highest BCUT2D eigenvalue weighted by Gasteiger charge is 2.26. The van der Waals surface area contributed by atoms with Crippen molar-refractivity contribution in [2.24, 2.45) is 0 Å². The van der Waals surface area contributed by atoms with Gasteiger partial charge in [-0.15, -0.1) is 0 Å². The second-order valence-electron chi connectivity index (χ2n) is 3.33. The summed E-state index contributed by atoms with van der Waals surface area (Å²) in [5, 5.41) is 9.05. The van der Waals surface area contributed by atoms with Crippen molar-refractivity contribution in [3.8, 4) is 6.07 Å². The van der Waals surface area contributed by atoms with Crippen LogP contribution < -0.4 is 0 Å². The van der Waals surface area contributed by atoms with Crippen molar-refractivity contribution in [1.82, 2.24) is 0 Å². The number of hydrogen-bond donors (Lipinski definition) is 0. The number of hydrogen-bond acceptors (Lipinski definition) is 3. The number of ether oxygens (including phenoxy) is 1. The van der Waals surface area contributed by atoms with Crippen molar-refractivity contribution in [1.29, 1.82) is 5.26 Å². The molecule has 0 saturated heterocycles. The Morgan fingerprint density at radius 1 is 1.56 bits per heavy atom. The largest absolute Gasteiger partial charge is 0.462 e. The van der Waals surface area contributed by atoms with E-state index in [2.05, 4.69) is 15.9 Å². The summed E-state index contributed by atoms with van der Waals surface area (Å²) in [6.07, 6.45) is -2.90. The van der Waals surface area contributed by atoms with Crippen LogP contribution in [0, 0.1) is 11.3 Å². The lowest BCUT2D eigenvalue weighted by Gasteiger charge is -2.13. The fourth-order valence-electron chi connectivity index (χ4n) is 1.54. The molecule has 0 unspecified atom stereocenters. The molecule has 0 N–H and O–H groups in total. The van der Waals surface area contributed by atoms with Crippen molar-refractivity contribution in [3.63, 3.8) is 0 Å². The number of nitrogens with zero attached hydrogens (tertiary/aromatic N) is 1. The minimum absolute atomic E-state index is 0.0834. The third-order valence-electron chi connectivity index (χ3n) is 2.29. The zero-order valence-corrected chi connectivity index (χ0v) is 11.1. The van der Waals surface area contributed by atoms with Crippen LogP contribution in [0.25, 0.3) is 0 Å². The number of benzene rings is 1. The summed E-state index contributed by atoms with van der Waals surface area (Å²) in [5.74, 6) is -0.834. The number of carbonyl (C=O) groups excluding carboxylic acids is 1. The molecule has 1 rings (SSSR count). The van der Waals surface area contributed by atoms with E-state index in [1.807, 2.05) is 0 Å². The standard InChI is InChI=1S/C12H10BrF2NO2/c1-2-18-12(17)10-7(5-13)3-4-8(6-16)9(10)11(14)15/h3-4,11H,2,5H2,1H3. The lowest BCUT2D eigenvalue weighted by Crippen LogP contribution is -2.13. The minimum atomic E-state index is -2.90. The Kier molecular flexibility index (Phi) is 5.23. The average molecular weight is 318 g/mol. The van der Waals surface area contributed by atoms with Crippen molar-refractivity contribution in [2.45, 2.75) is 18.7 Å². The smallest absolute Gasteiger partial charge is 0.338 e. The Labute approximate surface area is 111 Å². The maximum Gasteiger partial charge on any atom is 0.338 e. The van der Waals surface area contributed by atoms with Gasteiger partial charge in [-0.1, -0.05) is 22.0 Å². The van der Waals surface area contributed by atoms with Gasteiger partial charge in [0.15, 0.2) is 0 Å². The second kappa shape index (κ2) is 6.45. The number of carbonyl (C=O) groups is 1. The van der Waals surface area contributed by atoms with Gasteiger partial charge in [0.2, 0.25) is 0 Å². The molecule has 3 nitrogen and oxygen atoms in total. The topological polar surface area (TPSA) is 50.1 Å². The van der Waals surface area contributed by atoms with Gasteiger partial charge in [0, 0.05) is 5.33 Å². The fraction of sp³-hybridized carbons (Fsp3) is 0.333. The first-order valence-electron chi connectivity index (χ1n) is 5.13. The molecule has 0 spiro atoms. The highest BCUT2D eigenvalue weighted by Crippen LogP contribution is 2.30. The molecule has 0 saturated carbocycles. The predicted molar refractivity (Wildman–Crippen MR) is 64.7 cm³/mol. The molecule has 0 amide bonds. The summed E-state index contributed by atoms with van der Waals surface area (Å²) in [6, 6.07) is 4.40. The van der Waals surface area contributed by atoms with Gasteiger partial charge in [0.1, 0.15) is 0 Å². The Bertz CT molecular complexity index is 498. The lowest BCUT2D eigenvalue weighted by atomic mass is 9.97. The van der Waals surface area contributed by atoms with Crippen LogP contribution >= 0.6 is 15.9 Å². The van der Waals surface area contributed by atoms with E-state index in [9.17, 15) is 13.6 Å². The zero-order chi connectivity index (χ0) is 13.7. The Morgan fingerprint density at radius 2 is 2.22 bits per heavy atom. The quantitative estimate of drug-likeness (QED) is 0.630. The van der Waals surface area contributed by atoms with Gasteiger partial charge in [-0.25, -0.2) is 13.6 Å². The van der Waals surface area contributed by atoms with Crippen LogP contribution in [0.3, 0.4) is 0 Å². The van der Waals surface area contributed by atoms with Gasteiger partial charge in [-0.2, -0.15) is 5.26 Å². The number of rotatable bonds is 4. The van der Waals surface area contributed by atoms with E-state index in [-0.39, 0.29) is 23.1 Å². The van der Waals surface area contributed by atoms with Crippen LogP contribution in [0.5, 0.6) is 0 Å². The summed E-state index contributed by atoms with van der Waals surface area (Å²) in [5.41, 5.74) is -0.615. The van der Waals surface area contributed by atoms with E-state index in [4.69, 9.17) is 10.00 Å². The first-order chi connectivity index (χ1) is 8.56. The van der Waals surface area contributed by atoms with Gasteiger partial charge in [-0.3, -0.25) is 0 Å². The van der Waals surface area contributed by atoms with E-state index in [1.165, 1.54) is 12.1 Å². The first kappa shape index (κ1) is 14.6. The summed E-state index contributed by atoms with van der Waals surface area (Å²) in [7, 11) is 0. The van der Waals surface area contributed by atoms with Crippen LogP contribution in [0.15, 0.2) is 12.1 Å². The Morgan fingerprint density at radius 3 is 2.67 bits per heavy atom. The SMILES string of the molecule is CCOC(=O)c1c(CBr)ccc(C#N)c1C(F)F. The van der Waals surface area contributed by atoms with Crippen LogP contribution in [-0.2, 0) is 10.1 Å². The van der Waals surface area contributed by atoms with Crippen molar-refractivity contribution in [3.05, 3.63) is 34.4 Å². The van der Waals surface area contributed by atoms with E-state index in [0.29, 0.717) is 5.56 Å². The average Bonchev–Trinajstić information content (AvgIpc) is 2.36. The third kappa shape index (κ3) is 2.85. The molecule has 1 aromatic carbocycles. The molecule has 0 atom stereocenters. The van der Waals surface area contributed by atoms with Crippen LogP contribution in [0.2, 0.25) is 0 Å². The molecule has 6 heteroatoms. The molecule has 1 aromatic rings. The molecule has 0 aromatic heterocycles. The van der Waals surface area contributed by atoms with Gasteiger partial charge in [-0.05, 0) is 18.6 Å². The molecule has 0 bridgehead atoms. The monoisotopic (exact) mass is 317 g/mol. The lowest BCUT2D eigenvalue weighted by molar-refractivity contribution is 0.0514. The third-order valence-corrected chi connectivity index (χ3v) is 2.90. The molecule has 0 heterocycles. The maximum absolute atomic E-state index is 13.0. The van der Waals surface area contributed by atoms with Gasteiger partial charge < -0.3 is 4.74 Å². The maximum atomic E-state index is 13.0. The number of halogens is 3. The Hall–Kier alpha value is -1.48. The van der Waals surface area contributed by atoms with E-state index >= 15 is 0 Å². The van der Waals surface area contributed by atoms with E-state index in [1.54, 1.807) is 13.0 Å². The highest BCUT2D eigenvalue weighted by atomic mass is 79.9. The van der Waals surface area contributed by atoms with Crippen molar-refractivity contribution < 1.29 is 18.3 Å². The van der Waals surface area contributed by atoms with Crippen LogP contribution in [0.1, 0.15) is 40.4 Å². The summed E-state index contributed by atoms with van der Waals surface area (Å²) >= 11 is 3.12. The summed E-state index contributed by atoms with van der Waals surface area (Å²) < 4.78 is 30.8. The number of nitriles is 1. The number of alkyl halides is 3. The molecule has 0 aliphatic rings. The normalized spacial score (nSPS) is 10.2. The molecule has 0 fully saturated rings. The highest BCUT2D eigenvalue weighted by molar-refractivity contribution is 9.08. The molecule has 0 aliphatic carbocycles. The molecule has 18 heavy (non-hydrogen) atoms. The van der Waals surface area contributed by atoms with Crippen LogP contribution in [0.4, 0.5) is 8.78 Å². The molecular weight excluding hydrogens is 308 g/mol. The van der Waals surface area contributed by atoms with Gasteiger partial charge in [0.25, 0.3) is 6.43 Å². The van der Waals surface area contributed by atoms with E-state index < -0.39 is 18.0 Å². The first-order valence-corrected chi connectivity index (χ1v) is 6.26. The van der Waals surface area contributed by atoms with Crippen molar-refractivity contribution >= 4 is 21.9 Å². The number of esters is 1. The Balaban J connectivity index is 3.51. The summed E-state index contributed by atoms with van der Waals surface area (Å²) in [4.78, 5) is 11.7. The molecular formula is C12H10BrF2NO2. The van der Waals surface area contributed by atoms with Crippen LogP contribution in [-0.4, -0.2) is 12.6 Å². The fourth-order valence-corrected chi connectivity index (χ4v) is 2.01. The summed E-state index contributed by atoms with van der Waals surface area (Å²) in [6.45, 7) is 1.67. The van der Waals surface area contributed by atoms with Crippen molar-refractivity contribution in [2.75, 3.05) is 6.61 Å². The molecule has 0 radical (unpaired) electrons. The molecule has 96 valence electrons. The van der Waals surface area contributed by atoms with Gasteiger partial charge >= 0.3 is 5.97 Å². The zero-order valence-electron chi connectivity index (χ0n) is 9.54.